The average molecular weight is 448 g/mol. The summed E-state index contributed by atoms with van der Waals surface area (Å²) in [6.07, 6.45) is 3.47. The van der Waals surface area contributed by atoms with Gasteiger partial charge in [0.2, 0.25) is 0 Å². The van der Waals surface area contributed by atoms with Crippen LogP contribution in [0.4, 0.5) is 11.5 Å². The van der Waals surface area contributed by atoms with Gasteiger partial charge in [0.1, 0.15) is 23.6 Å². The normalized spacial score (nSPS) is 19.6. The van der Waals surface area contributed by atoms with Crippen molar-refractivity contribution in [2.75, 3.05) is 50.1 Å². The Bertz CT molecular complexity index is 1140. The first-order valence-electron chi connectivity index (χ1n) is 11.5. The lowest BCUT2D eigenvalue weighted by atomic mass is 10.1. The van der Waals surface area contributed by atoms with Gasteiger partial charge in [0.15, 0.2) is 5.82 Å². The number of carbonyl (C=O) groups excluding carboxylic acids is 1. The Kier molecular flexibility index (Phi) is 5.95. The molecule has 9 heteroatoms. The van der Waals surface area contributed by atoms with E-state index >= 15 is 0 Å². The third-order valence-corrected chi connectivity index (χ3v) is 6.37. The molecule has 172 valence electrons. The Balaban J connectivity index is 1.47. The maximum atomic E-state index is 13.2. The summed E-state index contributed by atoms with van der Waals surface area (Å²) in [6.45, 7) is 6.61. The molecule has 2 aromatic heterocycles. The zero-order valence-electron chi connectivity index (χ0n) is 19.1. The van der Waals surface area contributed by atoms with E-state index in [-0.39, 0.29) is 11.9 Å². The van der Waals surface area contributed by atoms with Gasteiger partial charge in [-0.2, -0.15) is 0 Å². The van der Waals surface area contributed by atoms with Gasteiger partial charge in [-0.3, -0.25) is 4.79 Å². The zero-order chi connectivity index (χ0) is 22.8. The lowest BCUT2D eigenvalue weighted by Crippen LogP contribution is -2.44. The number of nitrogens with zero attached hydrogens (tertiary/aromatic N) is 6. The van der Waals surface area contributed by atoms with Gasteiger partial charge in [-0.25, -0.2) is 4.98 Å². The maximum absolute atomic E-state index is 13.2. The molecule has 1 unspecified atom stereocenters. The third-order valence-electron chi connectivity index (χ3n) is 6.37. The van der Waals surface area contributed by atoms with Crippen LogP contribution in [0.3, 0.4) is 0 Å². The molecule has 0 radical (unpaired) electrons. The standard InChI is InChI=1S/C24H29N7O2/c1-17-5-4-14-33-21-15-18(30-12-10-29(2)11-13-30)8-9-19(21)24(32)27-22-7-3-6-20(26-22)23-28-25-16-31(17)23/h3,6-9,15-17H,4-5,10-14H2,1-2H3,(H,26,27,32). The van der Waals surface area contributed by atoms with E-state index in [9.17, 15) is 4.79 Å². The van der Waals surface area contributed by atoms with Crippen LogP contribution in [0, 0.1) is 0 Å². The Labute approximate surface area is 193 Å². The van der Waals surface area contributed by atoms with Crippen LogP contribution in [0.5, 0.6) is 5.75 Å². The molecule has 33 heavy (non-hydrogen) atoms. The van der Waals surface area contributed by atoms with Crippen LogP contribution in [0.2, 0.25) is 0 Å². The van der Waals surface area contributed by atoms with Crippen molar-refractivity contribution in [2.45, 2.75) is 25.8 Å². The number of fused-ring (bicyclic) bond motifs is 5. The van der Waals surface area contributed by atoms with Gasteiger partial charge >= 0.3 is 0 Å². The van der Waals surface area contributed by atoms with E-state index in [1.165, 1.54) is 0 Å². The van der Waals surface area contributed by atoms with Gasteiger partial charge in [-0.15, -0.1) is 10.2 Å². The number of aromatic nitrogens is 4. The first kappa shape index (κ1) is 21.4. The van der Waals surface area contributed by atoms with Gasteiger partial charge in [0, 0.05) is 44.0 Å². The molecule has 2 aliphatic heterocycles. The van der Waals surface area contributed by atoms with Crippen molar-refractivity contribution in [3.8, 4) is 17.3 Å². The number of rotatable bonds is 1. The van der Waals surface area contributed by atoms with Crippen LogP contribution in [0.15, 0.2) is 42.7 Å². The first-order chi connectivity index (χ1) is 16.1. The number of hydrogen-bond acceptors (Lipinski definition) is 7. The molecule has 1 atom stereocenters. The lowest BCUT2D eigenvalue weighted by molar-refractivity contribution is 0.102. The van der Waals surface area contributed by atoms with E-state index in [4.69, 9.17) is 4.74 Å². The number of anilines is 2. The molecular weight excluding hydrogens is 418 g/mol. The molecule has 2 aliphatic rings. The molecule has 4 heterocycles. The summed E-state index contributed by atoms with van der Waals surface area (Å²) in [7, 11) is 2.14. The van der Waals surface area contributed by atoms with Crippen molar-refractivity contribution in [2.24, 2.45) is 0 Å². The number of benzene rings is 1. The molecule has 9 nitrogen and oxygen atoms in total. The number of hydrogen-bond donors (Lipinski definition) is 1. The number of carbonyl (C=O) groups is 1. The fraction of sp³-hybridized carbons (Fsp3) is 0.417. The van der Waals surface area contributed by atoms with Crippen molar-refractivity contribution in [1.82, 2.24) is 24.6 Å². The second-order valence-electron chi connectivity index (χ2n) is 8.73. The van der Waals surface area contributed by atoms with Crippen molar-refractivity contribution < 1.29 is 9.53 Å². The van der Waals surface area contributed by atoms with Crippen molar-refractivity contribution >= 4 is 17.4 Å². The molecule has 0 spiro atoms. The Hall–Kier alpha value is -3.46. The summed E-state index contributed by atoms with van der Waals surface area (Å²) in [6, 6.07) is 11.6. The highest BCUT2D eigenvalue weighted by Gasteiger charge is 2.21. The van der Waals surface area contributed by atoms with Crippen molar-refractivity contribution in [3.63, 3.8) is 0 Å². The molecule has 1 amide bonds. The van der Waals surface area contributed by atoms with Crippen LogP contribution >= 0.6 is 0 Å². The van der Waals surface area contributed by atoms with Crippen LogP contribution in [-0.2, 0) is 0 Å². The highest BCUT2D eigenvalue weighted by atomic mass is 16.5. The third kappa shape index (κ3) is 4.54. The highest BCUT2D eigenvalue weighted by molar-refractivity contribution is 6.06. The smallest absolute Gasteiger partial charge is 0.260 e. The summed E-state index contributed by atoms with van der Waals surface area (Å²) in [5, 5.41) is 11.3. The van der Waals surface area contributed by atoms with Gasteiger partial charge in [0.25, 0.3) is 5.91 Å². The minimum Gasteiger partial charge on any atom is -0.493 e. The van der Waals surface area contributed by atoms with E-state index in [2.05, 4.69) is 44.3 Å². The van der Waals surface area contributed by atoms with Gasteiger partial charge < -0.3 is 24.4 Å². The summed E-state index contributed by atoms with van der Waals surface area (Å²) < 4.78 is 8.20. The van der Waals surface area contributed by atoms with Gasteiger partial charge in [0.05, 0.1) is 12.2 Å². The molecule has 1 N–H and O–H groups in total. The highest BCUT2D eigenvalue weighted by Crippen LogP contribution is 2.29. The summed E-state index contributed by atoms with van der Waals surface area (Å²) in [5.74, 6) is 1.51. The van der Waals surface area contributed by atoms with Crippen LogP contribution in [0.1, 0.15) is 36.2 Å². The SMILES string of the molecule is CC1CCCOc2cc(N3CCN(C)CC3)ccc2C(=O)Nc2cccc(n2)-c2nncn21. The van der Waals surface area contributed by atoms with Gasteiger partial charge in [-0.1, -0.05) is 6.07 Å². The fourth-order valence-corrected chi connectivity index (χ4v) is 4.34. The monoisotopic (exact) mass is 447 g/mol. The summed E-state index contributed by atoms with van der Waals surface area (Å²) in [4.78, 5) is 22.5. The molecule has 0 aliphatic carbocycles. The van der Waals surface area contributed by atoms with E-state index in [1.54, 1.807) is 12.4 Å². The predicted octanol–water partition coefficient (Wildman–Crippen LogP) is 3.08. The van der Waals surface area contributed by atoms with Crippen molar-refractivity contribution in [1.29, 1.82) is 0 Å². The molecular formula is C24H29N7O2. The minimum atomic E-state index is -0.244. The number of nitrogens with one attached hydrogen (secondary N) is 1. The van der Waals surface area contributed by atoms with E-state index in [0.717, 1.165) is 44.7 Å². The number of ether oxygens (including phenoxy) is 1. The minimum absolute atomic E-state index is 0.192. The summed E-state index contributed by atoms with van der Waals surface area (Å²) >= 11 is 0. The van der Waals surface area contributed by atoms with Crippen LogP contribution in [-0.4, -0.2) is 70.4 Å². The molecule has 0 saturated carbocycles. The Morgan fingerprint density at radius 1 is 1.12 bits per heavy atom. The fourth-order valence-electron chi connectivity index (χ4n) is 4.34. The van der Waals surface area contributed by atoms with E-state index in [1.807, 2.05) is 34.9 Å². The van der Waals surface area contributed by atoms with Crippen LogP contribution in [0.25, 0.3) is 11.5 Å². The second kappa shape index (κ2) is 9.19. The molecule has 1 fully saturated rings. The zero-order valence-corrected chi connectivity index (χ0v) is 19.1. The lowest BCUT2D eigenvalue weighted by Gasteiger charge is -2.34. The Morgan fingerprint density at radius 3 is 2.82 bits per heavy atom. The van der Waals surface area contributed by atoms with E-state index < -0.39 is 0 Å². The molecule has 1 saturated heterocycles. The van der Waals surface area contributed by atoms with E-state index in [0.29, 0.717) is 35.3 Å². The number of likely N-dealkylation sites (N-methyl/N-ethyl adjacent to an activating group) is 1. The number of piperazine rings is 1. The van der Waals surface area contributed by atoms with Crippen LogP contribution < -0.4 is 15.0 Å². The average Bonchev–Trinajstić information content (AvgIpc) is 3.32. The topological polar surface area (TPSA) is 88.4 Å². The Morgan fingerprint density at radius 2 is 1.97 bits per heavy atom. The largest absolute Gasteiger partial charge is 0.493 e. The maximum Gasteiger partial charge on any atom is 0.260 e. The predicted molar refractivity (Wildman–Crippen MR) is 127 cm³/mol. The quantitative estimate of drug-likeness (QED) is 0.613. The van der Waals surface area contributed by atoms with Gasteiger partial charge in [-0.05, 0) is 51.1 Å². The molecule has 3 aromatic rings. The molecule has 2 bridgehead atoms. The number of amides is 1. The summed E-state index contributed by atoms with van der Waals surface area (Å²) in [5.41, 5.74) is 2.27. The second-order valence-corrected chi connectivity index (χ2v) is 8.73. The number of pyridine rings is 1. The molecule has 1 aromatic carbocycles. The van der Waals surface area contributed by atoms with Crippen molar-refractivity contribution in [3.05, 3.63) is 48.3 Å². The first-order valence-corrected chi connectivity index (χ1v) is 11.5. The molecule has 5 rings (SSSR count).